The number of anilines is 1. The van der Waals surface area contributed by atoms with E-state index in [1.807, 2.05) is 29.6 Å². The number of pyridine rings is 1. The number of nitrogens with zero attached hydrogens (tertiary/aromatic N) is 4. The van der Waals surface area contributed by atoms with Gasteiger partial charge in [-0.15, -0.1) is 11.3 Å². The number of nitrogen functional groups attached to an aromatic ring is 1. The van der Waals surface area contributed by atoms with Gasteiger partial charge < -0.3 is 20.5 Å². The van der Waals surface area contributed by atoms with Gasteiger partial charge in [0.25, 0.3) is 0 Å². The van der Waals surface area contributed by atoms with E-state index in [4.69, 9.17) is 38.4 Å². The maximum Gasteiger partial charge on any atom is 0.323 e. The molecule has 0 spiro atoms. The van der Waals surface area contributed by atoms with Crippen LogP contribution in [-0.4, -0.2) is 41.7 Å². The molecular weight excluding hydrogens is 592 g/mol. The molecule has 1 fully saturated rings. The molecule has 0 bridgehead atoms. The lowest BCUT2D eigenvalue weighted by Crippen LogP contribution is -2.33. The van der Waals surface area contributed by atoms with Gasteiger partial charge in [-0.3, -0.25) is 4.79 Å². The smallest absolute Gasteiger partial charge is 0.323 e. The number of halogens is 1. The van der Waals surface area contributed by atoms with Gasteiger partial charge in [0, 0.05) is 27.3 Å². The van der Waals surface area contributed by atoms with Crippen molar-refractivity contribution in [1.29, 1.82) is 5.26 Å². The third-order valence-corrected chi connectivity index (χ3v) is 8.67. The van der Waals surface area contributed by atoms with Crippen molar-refractivity contribution < 1.29 is 14.3 Å². The summed E-state index contributed by atoms with van der Waals surface area (Å²) in [5.74, 6) is 0.826. The second kappa shape index (κ2) is 13.7. The van der Waals surface area contributed by atoms with Crippen molar-refractivity contribution in [2.45, 2.75) is 29.7 Å². The van der Waals surface area contributed by atoms with Crippen LogP contribution in [0.2, 0.25) is 5.02 Å². The van der Waals surface area contributed by atoms with E-state index in [2.05, 4.69) is 21.2 Å². The summed E-state index contributed by atoms with van der Waals surface area (Å²) in [5.41, 5.74) is 9.45. The minimum absolute atomic E-state index is 0.0560. The van der Waals surface area contributed by atoms with Gasteiger partial charge in [0.05, 0.1) is 17.8 Å². The first-order valence-electron chi connectivity index (χ1n) is 13.0. The van der Waals surface area contributed by atoms with Gasteiger partial charge in [-0.05, 0) is 49.2 Å². The van der Waals surface area contributed by atoms with Crippen LogP contribution in [0.3, 0.4) is 0 Å². The lowest BCUT2D eigenvalue weighted by Gasteiger charge is -2.14. The van der Waals surface area contributed by atoms with E-state index in [1.165, 1.54) is 23.1 Å². The van der Waals surface area contributed by atoms with Gasteiger partial charge in [0.1, 0.15) is 46.9 Å². The van der Waals surface area contributed by atoms with Crippen LogP contribution < -0.4 is 15.8 Å². The number of nitrogens with two attached hydrogens (primary N) is 1. The maximum atomic E-state index is 12.0. The van der Waals surface area contributed by atoms with Crippen molar-refractivity contribution in [3.05, 3.63) is 81.6 Å². The molecule has 0 aliphatic carbocycles. The fourth-order valence-corrected chi connectivity index (χ4v) is 6.37. The quantitative estimate of drug-likeness (QED) is 0.0888. The molecule has 9 nitrogen and oxygen atoms in total. The lowest BCUT2D eigenvalue weighted by molar-refractivity contribution is -0.146. The summed E-state index contributed by atoms with van der Waals surface area (Å²) in [7, 11) is 0. The molecule has 212 valence electrons. The molecule has 42 heavy (non-hydrogen) atoms. The zero-order valence-corrected chi connectivity index (χ0v) is 24.7. The van der Waals surface area contributed by atoms with Gasteiger partial charge >= 0.3 is 5.97 Å². The van der Waals surface area contributed by atoms with E-state index < -0.39 is 0 Å². The summed E-state index contributed by atoms with van der Waals surface area (Å²) in [6, 6.07) is 16.5. The van der Waals surface area contributed by atoms with E-state index >= 15 is 0 Å². The minimum Gasteiger partial charge on any atom is -0.490 e. The predicted octanol–water partition coefficient (Wildman–Crippen LogP) is 6.50. The third kappa shape index (κ3) is 6.84. The van der Waals surface area contributed by atoms with Gasteiger partial charge in [-0.2, -0.15) is 5.26 Å². The first kappa shape index (κ1) is 29.4. The Morgan fingerprint density at radius 2 is 1.95 bits per heavy atom. The Morgan fingerprint density at radius 1 is 1.19 bits per heavy atom. The molecule has 1 aliphatic rings. The van der Waals surface area contributed by atoms with Crippen LogP contribution in [0.4, 0.5) is 11.5 Å². The standard InChI is InChI=1S/C30H25ClN6O3S2/c1-34-26-25(18-6-10-22(11-7-18)39-13-14-40-30(38)24-3-2-12-35-24)23(15-32)29(37-27(26)33)42-17-21-16-41-28(36-21)19-4-8-20(31)9-5-19/h4-11,16,24,35H,2-3,12-14,17H2,(H2,33,37)/t24-/m0/s1. The number of carbonyl (C=O) groups excluding carboxylic acids is 1. The van der Waals surface area contributed by atoms with Crippen molar-refractivity contribution in [2.24, 2.45) is 0 Å². The first-order valence-corrected chi connectivity index (χ1v) is 15.3. The Hall–Kier alpha value is -4.13. The van der Waals surface area contributed by atoms with Crippen LogP contribution in [0.25, 0.3) is 26.5 Å². The number of thioether (sulfide) groups is 1. The molecule has 1 atom stereocenters. The number of nitrogens with one attached hydrogen (secondary N) is 1. The van der Waals surface area contributed by atoms with Gasteiger partial charge in [0.15, 0.2) is 0 Å². The van der Waals surface area contributed by atoms with Crippen molar-refractivity contribution in [1.82, 2.24) is 15.3 Å². The monoisotopic (exact) mass is 616 g/mol. The van der Waals surface area contributed by atoms with Crippen molar-refractivity contribution in [3.8, 4) is 33.5 Å². The number of aromatic nitrogens is 2. The van der Waals surface area contributed by atoms with E-state index in [0.29, 0.717) is 32.7 Å². The number of nitriles is 1. The minimum atomic E-state index is -0.261. The Kier molecular flexibility index (Phi) is 9.57. The number of ether oxygens (including phenoxy) is 2. The number of rotatable bonds is 10. The predicted molar refractivity (Wildman–Crippen MR) is 165 cm³/mol. The van der Waals surface area contributed by atoms with E-state index in [9.17, 15) is 10.1 Å². The summed E-state index contributed by atoms with van der Waals surface area (Å²) >= 11 is 8.86. The van der Waals surface area contributed by atoms with E-state index in [-0.39, 0.29) is 42.3 Å². The van der Waals surface area contributed by atoms with Crippen LogP contribution in [0.1, 0.15) is 24.1 Å². The normalized spacial score (nSPS) is 14.2. The first-order chi connectivity index (χ1) is 20.5. The van der Waals surface area contributed by atoms with Crippen LogP contribution >= 0.6 is 34.7 Å². The molecule has 0 unspecified atom stereocenters. The van der Waals surface area contributed by atoms with Crippen molar-refractivity contribution >= 4 is 52.2 Å². The molecule has 1 saturated heterocycles. The number of benzene rings is 2. The average molecular weight is 617 g/mol. The molecule has 2 aromatic carbocycles. The Bertz CT molecular complexity index is 1660. The molecule has 3 N–H and O–H groups in total. The maximum absolute atomic E-state index is 12.0. The Balaban J connectivity index is 1.28. The molecule has 2 aromatic heterocycles. The summed E-state index contributed by atoms with van der Waals surface area (Å²) in [6.07, 6.45) is 1.75. The molecular formula is C30H25ClN6O3S2. The molecule has 12 heteroatoms. The molecule has 0 radical (unpaired) electrons. The average Bonchev–Trinajstić information content (AvgIpc) is 3.72. The zero-order valence-electron chi connectivity index (χ0n) is 22.3. The largest absolute Gasteiger partial charge is 0.490 e. The Labute approximate surface area is 256 Å². The summed E-state index contributed by atoms with van der Waals surface area (Å²) in [4.78, 5) is 24.7. The number of carbonyl (C=O) groups is 1. The fraction of sp³-hybridized carbons (Fsp3) is 0.233. The third-order valence-electron chi connectivity index (χ3n) is 6.47. The Morgan fingerprint density at radius 3 is 2.64 bits per heavy atom. The van der Waals surface area contributed by atoms with Crippen molar-refractivity contribution in [3.63, 3.8) is 0 Å². The summed E-state index contributed by atoms with van der Waals surface area (Å²) < 4.78 is 11.0. The molecule has 4 aromatic rings. The fourth-order valence-electron chi connectivity index (χ4n) is 4.42. The molecule has 1 aliphatic heterocycles. The number of hydrogen-bond acceptors (Lipinski definition) is 10. The number of esters is 1. The highest BCUT2D eigenvalue weighted by molar-refractivity contribution is 7.98. The molecule has 3 heterocycles. The number of thiazole rings is 1. The zero-order chi connectivity index (χ0) is 29.5. The van der Waals surface area contributed by atoms with Crippen molar-refractivity contribution in [2.75, 3.05) is 25.5 Å². The number of hydrogen-bond donors (Lipinski definition) is 2. The second-order valence-corrected chi connectivity index (χ2v) is 11.5. The summed E-state index contributed by atoms with van der Waals surface area (Å²) in [6.45, 7) is 8.87. The van der Waals surface area contributed by atoms with Crippen LogP contribution in [0.5, 0.6) is 5.75 Å². The molecule has 5 rings (SSSR count). The second-order valence-electron chi connectivity index (χ2n) is 9.25. The highest BCUT2D eigenvalue weighted by Gasteiger charge is 2.23. The molecule has 0 amide bonds. The van der Waals surface area contributed by atoms with Gasteiger partial charge in [0.2, 0.25) is 5.69 Å². The molecule has 0 saturated carbocycles. The van der Waals surface area contributed by atoms with E-state index in [1.54, 1.807) is 24.3 Å². The van der Waals surface area contributed by atoms with Crippen LogP contribution in [0.15, 0.2) is 58.9 Å². The summed E-state index contributed by atoms with van der Waals surface area (Å²) in [5, 5.41) is 17.2. The van der Waals surface area contributed by atoms with Gasteiger partial charge in [-0.1, -0.05) is 47.6 Å². The van der Waals surface area contributed by atoms with Gasteiger partial charge in [-0.25, -0.2) is 14.8 Å². The highest BCUT2D eigenvalue weighted by atomic mass is 35.5. The highest BCUT2D eigenvalue weighted by Crippen LogP contribution is 2.42. The van der Waals surface area contributed by atoms with Crippen LogP contribution in [0, 0.1) is 17.9 Å². The SMILES string of the molecule is [C-]#[N+]c1c(N)nc(SCc2csc(-c3ccc(Cl)cc3)n2)c(C#N)c1-c1ccc(OCCOC(=O)[C@@H]2CCCN2)cc1. The topological polar surface area (TPSA) is 128 Å². The van der Waals surface area contributed by atoms with E-state index in [0.717, 1.165) is 35.7 Å². The lowest BCUT2D eigenvalue weighted by atomic mass is 10.00. The van der Waals surface area contributed by atoms with Crippen LogP contribution in [-0.2, 0) is 15.3 Å².